The largest absolute Gasteiger partial charge is 0.454 e. The van der Waals surface area contributed by atoms with Crippen LogP contribution in [0.5, 0.6) is 11.5 Å². The molecule has 7 nitrogen and oxygen atoms in total. The van der Waals surface area contributed by atoms with E-state index in [9.17, 15) is 13.2 Å². The van der Waals surface area contributed by atoms with Crippen molar-refractivity contribution in [3.63, 3.8) is 0 Å². The summed E-state index contributed by atoms with van der Waals surface area (Å²) in [6.07, 6.45) is 2.49. The monoisotopic (exact) mass is 390 g/mol. The van der Waals surface area contributed by atoms with E-state index in [1.807, 2.05) is 30.3 Å². The summed E-state index contributed by atoms with van der Waals surface area (Å²) in [7, 11) is -3.49. The molecule has 0 bridgehead atoms. The van der Waals surface area contributed by atoms with Gasteiger partial charge in [0.2, 0.25) is 22.7 Å². The number of nitrogens with one attached hydrogen (secondary N) is 1. The summed E-state index contributed by atoms with van der Waals surface area (Å²) in [5.74, 6) is 0.765. The van der Waals surface area contributed by atoms with Crippen molar-refractivity contribution in [2.24, 2.45) is 0 Å². The highest BCUT2D eigenvalue weighted by Crippen LogP contribution is 2.34. The lowest BCUT2D eigenvalue weighted by Gasteiger charge is -2.19. The van der Waals surface area contributed by atoms with Gasteiger partial charge in [0.1, 0.15) is 0 Å². The van der Waals surface area contributed by atoms with Crippen LogP contribution in [0.15, 0.2) is 48.5 Å². The van der Waals surface area contributed by atoms with E-state index in [0.29, 0.717) is 23.6 Å². The number of sulfonamides is 1. The molecular formula is C19H22N2O5S. The van der Waals surface area contributed by atoms with Gasteiger partial charge in [-0.15, -0.1) is 0 Å². The molecule has 27 heavy (non-hydrogen) atoms. The molecule has 0 spiro atoms. The van der Waals surface area contributed by atoms with Gasteiger partial charge in [-0.05, 0) is 30.5 Å². The van der Waals surface area contributed by atoms with Crippen LogP contribution >= 0.6 is 0 Å². The molecular weight excluding hydrogens is 368 g/mol. The summed E-state index contributed by atoms with van der Waals surface area (Å²) in [4.78, 5) is 12.3. The molecule has 0 fully saturated rings. The molecule has 1 heterocycles. The van der Waals surface area contributed by atoms with Gasteiger partial charge in [-0.1, -0.05) is 30.3 Å². The second-order valence-corrected chi connectivity index (χ2v) is 8.28. The van der Waals surface area contributed by atoms with Crippen molar-refractivity contribution in [2.45, 2.75) is 12.8 Å². The standard InChI is InChI=1S/C19H22N2O5S/c1-27(23,24)21(11-5-8-15-6-3-2-4-7-15)13-19(22)20-16-9-10-17-18(12-16)26-14-25-17/h2-4,6-7,9-10,12H,5,8,11,13-14H2,1H3,(H,20,22). The lowest BCUT2D eigenvalue weighted by atomic mass is 10.1. The van der Waals surface area contributed by atoms with E-state index in [1.165, 1.54) is 4.31 Å². The Balaban J connectivity index is 1.56. The average Bonchev–Trinajstić information content (AvgIpc) is 3.08. The van der Waals surface area contributed by atoms with Gasteiger partial charge in [0.15, 0.2) is 11.5 Å². The average molecular weight is 390 g/mol. The first kappa shape index (κ1) is 19.2. The van der Waals surface area contributed by atoms with Crippen LogP contribution in [0, 0.1) is 0 Å². The van der Waals surface area contributed by atoms with E-state index in [2.05, 4.69) is 5.32 Å². The number of nitrogens with zero attached hydrogens (tertiary/aromatic N) is 1. The van der Waals surface area contributed by atoms with Gasteiger partial charge in [-0.2, -0.15) is 4.31 Å². The van der Waals surface area contributed by atoms with E-state index in [-0.39, 0.29) is 19.9 Å². The van der Waals surface area contributed by atoms with Crippen molar-refractivity contribution >= 4 is 21.6 Å². The summed E-state index contributed by atoms with van der Waals surface area (Å²) < 4.78 is 35.7. The Morgan fingerprint density at radius 3 is 2.59 bits per heavy atom. The number of hydrogen-bond donors (Lipinski definition) is 1. The zero-order valence-electron chi connectivity index (χ0n) is 15.1. The molecule has 2 aromatic carbocycles. The summed E-state index contributed by atoms with van der Waals surface area (Å²) in [6, 6.07) is 14.9. The van der Waals surface area contributed by atoms with Crippen LogP contribution in [0.2, 0.25) is 0 Å². The lowest BCUT2D eigenvalue weighted by Crippen LogP contribution is -2.38. The van der Waals surface area contributed by atoms with Crippen molar-refractivity contribution in [1.82, 2.24) is 4.31 Å². The number of fused-ring (bicyclic) bond motifs is 1. The highest BCUT2D eigenvalue weighted by atomic mass is 32.2. The Morgan fingerprint density at radius 1 is 1.11 bits per heavy atom. The number of benzene rings is 2. The van der Waals surface area contributed by atoms with Gasteiger partial charge in [-0.3, -0.25) is 4.79 Å². The smallest absolute Gasteiger partial charge is 0.239 e. The molecule has 0 aliphatic carbocycles. The van der Waals surface area contributed by atoms with Crippen molar-refractivity contribution in [1.29, 1.82) is 0 Å². The maximum atomic E-state index is 12.3. The second kappa shape index (κ2) is 8.41. The fourth-order valence-corrected chi connectivity index (χ4v) is 3.61. The van der Waals surface area contributed by atoms with Crippen LogP contribution in [-0.4, -0.2) is 44.8 Å². The predicted molar refractivity (Wildman–Crippen MR) is 102 cm³/mol. The molecule has 0 saturated carbocycles. The molecule has 0 atom stereocenters. The number of carbonyl (C=O) groups excluding carboxylic acids is 1. The first-order chi connectivity index (χ1) is 12.9. The molecule has 8 heteroatoms. The number of carbonyl (C=O) groups is 1. The first-order valence-electron chi connectivity index (χ1n) is 8.60. The number of aryl methyl sites for hydroxylation is 1. The van der Waals surface area contributed by atoms with Crippen molar-refractivity contribution in [3.8, 4) is 11.5 Å². The summed E-state index contributed by atoms with van der Waals surface area (Å²) in [5.41, 5.74) is 1.66. The van der Waals surface area contributed by atoms with Gasteiger partial charge in [0.05, 0.1) is 12.8 Å². The summed E-state index contributed by atoms with van der Waals surface area (Å²) >= 11 is 0. The number of hydrogen-bond acceptors (Lipinski definition) is 5. The molecule has 0 radical (unpaired) electrons. The number of anilines is 1. The highest BCUT2D eigenvalue weighted by molar-refractivity contribution is 7.88. The van der Waals surface area contributed by atoms with Gasteiger partial charge in [0, 0.05) is 18.3 Å². The van der Waals surface area contributed by atoms with Crippen LogP contribution in [0.4, 0.5) is 5.69 Å². The Kier molecular flexibility index (Phi) is 5.98. The SMILES string of the molecule is CS(=O)(=O)N(CCCc1ccccc1)CC(=O)Nc1ccc2c(c1)OCO2. The van der Waals surface area contributed by atoms with E-state index < -0.39 is 15.9 Å². The Hall–Kier alpha value is -2.58. The molecule has 3 rings (SSSR count). The normalized spacial score (nSPS) is 13.0. The first-order valence-corrected chi connectivity index (χ1v) is 10.5. The molecule has 1 aliphatic heterocycles. The topological polar surface area (TPSA) is 84.9 Å². The quantitative estimate of drug-likeness (QED) is 0.747. The predicted octanol–water partition coefficient (Wildman–Crippen LogP) is 2.25. The molecule has 2 aromatic rings. The van der Waals surface area contributed by atoms with Crippen molar-refractivity contribution < 1.29 is 22.7 Å². The Morgan fingerprint density at radius 2 is 1.85 bits per heavy atom. The van der Waals surface area contributed by atoms with E-state index in [1.54, 1.807) is 18.2 Å². The van der Waals surface area contributed by atoms with Crippen LogP contribution in [0.1, 0.15) is 12.0 Å². The maximum absolute atomic E-state index is 12.3. The van der Waals surface area contributed by atoms with Gasteiger partial charge < -0.3 is 14.8 Å². The second-order valence-electron chi connectivity index (χ2n) is 6.30. The fraction of sp³-hybridized carbons (Fsp3) is 0.316. The van der Waals surface area contributed by atoms with Gasteiger partial charge in [0.25, 0.3) is 0 Å². The fourth-order valence-electron chi connectivity index (χ4n) is 2.80. The van der Waals surface area contributed by atoms with Gasteiger partial charge >= 0.3 is 0 Å². The minimum absolute atomic E-state index is 0.149. The van der Waals surface area contributed by atoms with Crippen LogP contribution < -0.4 is 14.8 Å². The van der Waals surface area contributed by atoms with Crippen molar-refractivity contribution in [3.05, 3.63) is 54.1 Å². The highest BCUT2D eigenvalue weighted by Gasteiger charge is 2.20. The van der Waals surface area contributed by atoms with Crippen molar-refractivity contribution in [2.75, 3.05) is 31.5 Å². The summed E-state index contributed by atoms with van der Waals surface area (Å²) in [5, 5.41) is 2.70. The number of amides is 1. The minimum atomic E-state index is -3.49. The maximum Gasteiger partial charge on any atom is 0.239 e. The lowest BCUT2D eigenvalue weighted by molar-refractivity contribution is -0.116. The molecule has 0 saturated heterocycles. The zero-order chi connectivity index (χ0) is 19.3. The molecule has 144 valence electrons. The van der Waals surface area contributed by atoms with Crippen LogP contribution in [0.3, 0.4) is 0 Å². The molecule has 1 N–H and O–H groups in total. The van der Waals surface area contributed by atoms with E-state index >= 15 is 0 Å². The molecule has 0 aromatic heterocycles. The Bertz CT molecular complexity index is 900. The van der Waals surface area contributed by atoms with Crippen LogP contribution in [0.25, 0.3) is 0 Å². The Labute approximate surface area is 158 Å². The van der Waals surface area contributed by atoms with E-state index in [0.717, 1.165) is 18.2 Å². The molecule has 0 unspecified atom stereocenters. The zero-order valence-corrected chi connectivity index (χ0v) is 15.9. The third-order valence-corrected chi connectivity index (χ3v) is 5.41. The molecule has 1 amide bonds. The number of ether oxygens (including phenoxy) is 2. The molecule has 1 aliphatic rings. The minimum Gasteiger partial charge on any atom is -0.454 e. The van der Waals surface area contributed by atoms with E-state index in [4.69, 9.17) is 9.47 Å². The third kappa shape index (κ3) is 5.45. The number of rotatable bonds is 8. The van der Waals surface area contributed by atoms with Crippen LogP contribution in [-0.2, 0) is 21.2 Å². The van der Waals surface area contributed by atoms with Gasteiger partial charge in [-0.25, -0.2) is 8.42 Å². The third-order valence-electron chi connectivity index (χ3n) is 4.16. The summed E-state index contributed by atoms with van der Waals surface area (Å²) in [6.45, 7) is 0.195.